The van der Waals surface area contributed by atoms with Crippen molar-refractivity contribution in [2.45, 2.75) is 63.8 Å². The Morgan fingerprint density at radius 1 is 0.882 bits per heavy atom. The summed E-state index contributed by atoms with van der Waals surface area (Å²) in [6, 6.07) is 0.847. The third-order valence-corrected chi connectivity index (χ3v) is 5.04. The fourth-order valence-corrected chi connectivity index (χ4v) is 3.75. The Labute approximate surface area is 107 Å². The molecule has 0 amide bonds. The zero-order valence-electron chi connectivity index (χ0n) is 11.5. The lowest BCUT2D eigenvalue weighted by Crippen LogP contribution is -2.39. The highest BCUT2D eigenvalue weighted by Gasteiger charge is 2.25. The van der Waals surface area contributed by atoms with Crippen LogP contribution in [0.3, 0.4) is 0 Å². The van der Waals surface area contributed by atoms with Crippen LogP contribution in [0.2, 0.25) is 0 Å². The first-order valence-corrected chi connectivity index (χ1v) is 7.70. The van der Waals surface area contributed by atoms with Crippen molar-refractivity contribution in [3.63, 3.8) is 0 Å². The molecule has 2 rings (SSSR count). The Morgan fingerprint density at radius 3 is 2.12 bits per heavy atom. The Hall–Kier alpha value is -0.0800. The minimum atomic E-state index is 0.814. The summed E-state index contributed by atoms with van der Waals surface area (Å²) < 4.78 is 0. The number of rotatable bonds is 4. The van der Waals surface area contributed by atoms with E-state index in [1.165, 1.54) is 64.3 Å². The van der Waals surface area contributed by atoms with Gasteiger partial charge in [-0.1, -0.05) is 19.3 Å². The van der Waals surface area contributed by atoms with Crippen molar-refractivity contribution in [1.29, 1.82) is 0 Å². The molecule has 2 nitrogen and oxygen atoms in total. The van der Waals surface area contributed by atoms with E-state index in [1.54, 1.807) is 0 Å². The zero-order chi connectivity index (χ0) is 12.1. The molecule has 17 heavy (non-hydrogen) atoms. The van der Waals surface area contributed by atoms with Gasteiger partial charge in [0, 0.05) is 12.6 Å². The molecule has 0 aromatic heterocycles. The van der Waals surface area contributed by atoms with Gasteiger partial charge in [-0.15, -0.1) is 0 Å². The molecule has 2 aliphatic rings. The van der Waals surface area contributed by atoms with Crippen LogP contribution in [-0.4, -0.2) is 31.1 Å². The first-order chi connectivity index (χ1) is 8.29. The third kappa shape index (κ3) is 3.96. The molecule has 0 radical (unpaired) electrons. The van der Waals surface area contributed by atoms with Crippen molar-refractivity contribution >= 4 is 0 Å². The van der Waals surface area contributed by atoms with Crippen molar-refractivity contribution in [1.82, 2.24) is 4.90 Å². The Morgan fingerprint density at radius 2 is 1.53 bits per heavy atom. The molecule has 0 spiro atoms. The molecule has 2 saturated carbocycles. The van der Waals surface area contributed by atoms with Crippen molar-refractivity contribution in [3.05, 3.63) is 0 Å². The van der Waals surface area contributed by atoms with Crippen LogP contribution in [0.1, 0.15) is 57.8 Å². The number of hydrogen-bond acceptors (Lipinski definition) is 2. The fraction of sp³-hybridized carbons (Fsp3) is 1.00. The molecule has 0 aromatic carbocycles. The van der Waals surface area contributed by atoms with Gasteiger partial charge in [-0.2, -0.15) is 0 Å². The molecule has 0 aliphatic heterocycles. The van der Waals surface area contributed by atoms with Gasteiger partial charge in [0.1, 0.15) is 0 Å². The highest BCUT2D eigenvalue weighted by molar-refractivity contribution is 4.80. The van der Waals surface area contributed by atoms with E-state index >= 15 is 0 Å². The van der Waals surface area contributed by atoms with E-state index < -0.39 is 0 Å². The molecular weight excluding hydrogens is 208 g/mol. The van der Waals surface area contributed by atoms with E-state index in [0.29, 0.717) is 0 Å². The molecule has 2 N–H and O–H groups in total. The molecule has 0 bridgehead atoms. The fourth-order valence-electron chi connectivity index (χ4n) is 3.75. The molecular formula is C15H30N2. The average Bonchev–Trinajstić information content (AvgIpc) is 2.40. The summed E-state index contributed by atoms with van der Waals surface area (Å²) in [5.74, 6) is 1.80. The lowest BCUT2D eigenvalue weighted by Gasteiger charge is -2.37. The minimum Gasteiger partial charge on any atom is -0.330 e. The molecule has 100 valence electrons. The maximum atomic E-state index is 5.76. The summed E-state index contributed by atoms with van der Waals surface area (Å²) >= 11 is 0. The summed E-state index contributed by atoms with van der Waals surface area (Å²) in [4.78, 5) is 2.66. The van der Waals surface area contributed by atoms with Gasteiger partial charge < -0.3 is 10.6 Å². The smallest absolute Gasteiger partial charge is 0.00925 e. The number of hydrogen-bond donors (Lipinski definition) is 1. The van der Waals surface area contributed by atoms with Gasteiger partial charge in [-0.05, 0) is 64.0 Å². The predicted octanol–water partition coefficient (Wildman–Crippen LogP) is 3.02. The van der Waals surface area contributed by atoms with Crippen LogP contribution in [0.5, 0.6) is 0 Å². The lowest BCUT2D eigenvalue weighted by atomic mass is 9.84. The third-order valence-electron chi connectivity index (χ3n) is 5.04. The largest absolute Gasteiger partial charge is 0.330 e. The van der Waals surface area contributed by atoms with Crippen LogP contribution >= 0.6 is 0 Å². The van der Waals surface area contributed by atoms with Gasteiger partial charge in [0.2, 0.25) is 0 Å². The van der Waals surface area contributed by atoms with Crippen LogP contribution in [0.25, 0.3) is 0 Å². The van der Waals surface area contributed by atoms with Crippen LogP contribution in [-0.2, 0) is 0 Å². The molecule has 2 fully saturated rings. The van der Waals surface area contributed by atoms with Gasteiger partial charge >= 0.3 is 0 Å². The van der Waals surface area contributed by atoms with Crippen LogP contribution < -0.4 is 5.73 Å². The van der Waals surface area contributed by atoms with Gasteiger partial charge in [0.25, 0.3) is 0 Å². The van der Waals surface area contributed by atoms with E-state index in [1.807, 2.05) is 0 Å². The standard InChI is InChI=1S/C15H30N2/c1-17(12-14-5-3-2-4-6-14)15-9-7-13(11-16)8-10-15/h13-15H,2-12,16H2,1H3. The molecule has 0 saturated heterocycles. The van der Waals surface area contributed by atoms with Gasteiger partial charge in [-0.3, -0.25) is 0 Å². The summed E-state index contributed by atoms with van der Waals surface area (Å²) in [7, 11) is 2.35. The van der Waals surface area contributed by atoms with E-state index in [4.69, 9.17) is 5.73 Å². The first-order valence-electron chi connectivity index (χ1n) is 7.70. The summed E-state index contributed by atoms with van der Waals surface area (Å²) in [6.45, 7) is 2.25. The zero-order valence-corrected chi connectivity index (χ0v) is 11.5. The predicted molar refractivity (Wildman–Crippen MR) is 74.0 cm³/mol. The second-order valence-corrected chi connectivity index (χ2v) is 6.35. The molecule has 0 unspecified atom stereocenters. The van der Waals surface area contributed by atoms with Gasteiger partial charge in [0.15, 0.2) is 0 Å². The molecule has 2 heteroatoms. The number of nitrogens with two attached hydrogens (primary N) is 1. The van der Waals surface area contributed by atoms with Crippen molar-refractivity contribution < 1.29 is 0 Å². The molecule has 0 atom stereocenters. The molecule has 0 aromatic rings. The topological polar surface area (TPSA) is 29.3 Å². The van der Waals surface area contributed by atoms with Crippen LogP contribution in [0.15, 0.2) is 0 Å². The normalized spacial score (nSPS) is 31.9. The van der Waals surface area contributed by atoms with Crippen molar-refractivity contribution in [2.24, 2.45) is 17.6 Å². The monoisotopic (exact) mass is 238 g/mol. The number of nitrogens with zero attached hydrogens (tertiary/aromatic N) is 1. The van der Waals surface area contributed by atoms with Crippen molar-refractivity contribution in [3.8, 4) is 0 Å². The molecule has 0 heterocycles. The van der Waals surface area contributed by atoms with E-state index in [2.05, 4.69) is 11.9 Å². The van der Waals surface area contributed by atoms with E-state index in [-0.39, 0.29) is 0 Å². The van der Waals surface area contributed by atoms with Crippen LogP contribution in [0.4, 0.5) is 0 Å². The SMILES string of the molecule is CN(CC1CCCCC1)C1CCC(CN)CC1. The van der Waals surface area contributed by atoms with Gasteiger partial charge in [-0.25, -0.2) is 0 Å². The Bertz CT molecular complexity index is 203. The Balaban J connectivity index is 1.70. The second kappa shape index (κ2) is 6.75. The maximum absolute atomic E-state index is 5.76. The summed E-state index contributed by atoms with van der Waals surface area (Å²) in [5, 5.41) is 0. The maximum Gasteiger partial charge on any atom is 0.00925 e. The highest BCUT2D eigenvalue weighted by atomic mass is 15.1. The summed E-state index contributed by atoms with van der Waals surface area (Å²) in [6.07, 6.45) is 12.8. The average molecular weight is 238 g/mol. The lowest BCUT2D eigenvalue weighted by molar-refractivity contribution is 0.135. The van der Waals surface area contributed by atoms with Crippen LogP contribution in [0, 0.1) is 11.8 Å². The summed E-state index contributed by atoms with van der Waals surface area (Å²) in [5.41, 5.74) is 5.76. The van der Waals surface area contributed by atoms with Gasteiger partial charge in [0.05, 0.1) is 0 Å². The Kier molecular flexibility index (Phi) is 5.30. The van der Waals surface area contributed by atoms with E-state index in [9.17, 15) is 0 Å². The van der Waals surface area contributed by atoms with E-state index in [0.717, 1.165) is 24.4 Å². The quantitative estimate of drug-likeness (QED) is 0.816. The van der Waals surface area contributed by atoms with Crippen molar-refractivity contribution in [2.75, 3.05) is 20.1 Å². The minimum absolute atomic E-state index is 0.814. The first kappa shape index (κ1) is 13.4. The second-order valence-electron chi connectivity index (χ2n) is 6.35. The molecule has 2 aliphatic carbocycles. The highest BCUT2D eigenvalue weighted by Crippen LogP contribution is 2.29.